The van der Waals surface area contributed by atoms with Crippen LogP contribution in [0, 0.1) is 0 Å². The van der Waals surface area contributed by atoms with Crippen LogP contribution in [0.5, 0.6) is 0 Å². The molecule has 2 unspecified atom stereocenters. The molecule has 0 aliphatic carbocycles. The zero-order valence-corrected chi connectivity index (χ0v) is 19.0. The summed E-state index contributed by atoms with van der Waals surface area (Å²) in [6.07, 6.45) is 0. The first kappa shape index (κ1) is 27.1. The van der Waals surface area contributed by atoms with Gasteiger partial charge in [0.15, 0.2) is 0 Å². The summed E-state index contributed by atoms with van der Waals surface area (Å²) in [5.41, 5.74) is -2.91. The highest BCUT2D eigenvalue weighted by atomic mass is 35.7. The van der Waals surface area contributed by atoms with Crippen LogP contribution in [-0.2, 0) is 31.7 Å². The third kappa shape index (κ3) is 20.9. The molecule has 0 N–H and O–H groups in total. The van der Waals surface area contributed by atoms with Crippen molar-refractivity contribution in [2.75, 3.05) is 0 Å². The smallest absolute Gasteiger partial charge is 0.281 e. The number of halogens is 3. The van der Waals surface area contributed by atoms with E-state index in [0.717, 1.165) is 0 Å². The molecule has 0 fully saturated rings. The van der Waals surface area contributed by atoms with Crippen molar-refractivity contribution in [1.82, 2.24) is 0 Å². The minimum Gasteiger partial charge on any atom is -0.281 e. The van der Waals surface area contributed by atoms with Crippen LogP contribution in [-0.4, -0.2) is 30.7 Å². The van der Waals surface area contributed by atoms with Crippen molar-refractivity contribution in [2.24, 2.45) is 0 Å². The van der Waals surface area contributed by atoms with Crippen LogP contribution in [0.15, 0.2) is 0 Å². The zero-order valence-electron chi connectivity index (χ0n) is 15.0. The van der Waals surface area contributed by atoms with Crippen LogP contribution < -0.4 is 0 Å². The Bertz CT molecular complexity index is 490. The van der Waals surface area contributed by atoms with Gasteiger partial charge in [-0.25, -0.2) is 8.75 Å². The Morgan fingerprint density at radius 1 is 0.875 bits per heavy atom. The van der Waals surface area contributed by atoms with Gasteiger partial charge < -0.3 is 0 Å². The first-order chi connectivity index (χ1) is 10.2. The maximum Gasteiger partial charge on any atom is 0.477 e. The van der Waals surface area contributed by atoms with Gasteiger partial charge in [-0.3, -0.25) is 13.6 Å². The van der Waals surface area contributed by atoms with E-state index in [1.807, 2.05) is 0 Å². The molecule has 0 saturated heterocycles. The average molecular weight is 452 g/mol. The molecule has 0 aliphatic rings. The van der Waals surface area contributed by atoms with Gasteiger partial charge in [0.25, 0.3) is 0 Å². The van der Waals surface area contributed by atoms with Gasteiger partial charge in [-0.2, -0.15) is 8.42 Å². The number of hydrogen-bond donors (Lipinski definition) is 0. The Morgan fingerprint density at radius 2 is 1.21 bits per heavy atom. The van der Waals surface area contributed by atoms with Crippen molar-refractivity contribution in [3.05, 3.63) is 0 Å². The molecule has 0 aromatic heterocycles. The second kappa shape index (κ2) is 10.3. The van der Waals surface area contributed by atoms with Crippen molar-refractivity contribution < 1.29 is 30.7 Å². The molecule has 0 rings (SSSR count). The quantitative estimate of drug-likeness (QED) is 0.303. The van der Waals surface area contributed by atoms with E-state index in [1.54, 1.807) is 48.5 Å². The van der Waals surface area contributed by atoms with Crippen molar-refractivity contribution in [3.63, 3.8) is 0 Å². The Hall–Kier alpha value is 0.890. The van der Waals surface area contributed by atoms with E-state index in [0.29, 0.717) is 0 Å². The van der Waals surface area contributed by atoms with Crippen LogP contribution in [0.1, 0.15) is 55.4 Å². The summed E-state index contributed by atoms with van der Waals surface area (Å²) in [5.74, 6) is 0. The lowest BCUT2D eigenvalue weighted by atomic mass is 10.2. The molecule has 0 radical (unpaired) electrons. The molecule has 148 valence electrons. The Balaban J connectivity index is 0. The Kier molecular flexibility index (Phi) is 11.6. The lowest BCUT2D eigenvalue weighted by molar-refractivity contribution is 0.000940. The molecule has 0 amide bonds. The molecule has 0 aromatic rings. The van der Waals surface area contributed by atoms with E-state index < -0.39 is 39.5 Å². The third-order valence-electron chi connectivity index (χ3n) is 1.29. The van der Waals surface area contributed by atoms with E-state index in [4.69, 9.17) is 36.8 Å². The minimum atomic E-state index is -3.88. The molecule has 0 spiro atoms. The standard InChI is InChI=1S/C10H22ClO4P.C2H4Cl2O3S/c1-8(11)13-16(12,14-9(2,3)4)15-10(5,6)7;1-2(3)7-8(4,5)6/h8H,1-7H3;2H,1H3. The molecule has 0 aliphatic heterocycles. The van der Waals surface area contributed by atoms with E-state index in [-0.39, 0.29) is 0 Å². The first-order valence-corrected chi connectivity index (χ1v) is 11.4. The summed E-state index contributed by atoms with van der Waals surface area (Å²) in [5, 5.41) is 0. The average Bonchev–Trinajstić information content (AvgIpc) is 2.02. The number of alkyl halides is 2. The second-order valence-corrected chi connectivity index (χ2v) is 11.3. The molecule has 0 bridgehead atoms. The maximum atomic E-state index is 12.3. The minimum absolute atomic E-state index is 0.632. The van der Waals surface area contributed by atoms with Crippen LogP contribution in [0.3, 0.4) is 0 Å². The molecule has 0 aromatic carbocycles. The summed E-state index contributed by atoms with van der Waals surface area (Å²) in [7, 11) is -2.94. The largest absolute Gasteiger partial charge is 0.477 e. The lowest BCUT2D eigenvalue weighted by Crippen LogP contribution is -2.25. The monoisotopic (exact) mass is 450 g/mol. The number of rotatable bonds is 6. The highest BCUT2D eigenvalue weighted by Crippen LogP contribution is 2.56. The molecule has 7 nitrogen and oxygen atoms in total. The summed E-state index contributed by atoms with van der Waals surface area (Å²) in [6, 6.07) is 0. The Labute approximate surface area is 159 Å². The number of hydrogen-bond acceptors (Lipinski definition) is 7. The number of phosphoric ester groups is 1. The van der Waals surface area contributed by atoms with Gasteiger partial charge in [-0.05, 0) is 55.4 Å². The van der Waals surface area contributed by atoms with Crippen molar-refractivity contribution in [2.45, 2.75) is 77.7 Å². The number of phosphoric acid groups is 1. The lowest BCUT2D eigenvalue weighted by Gasteiger charge is -2.31. The molecule has 2 atom stereocenters. The van der Waals surface area contributed by atoms with Crippen LogP contribution in [0.4, 0.5) is 0 Å². The van der Waals surface area contributed by atoms with Crippen molar-refractivity contribution in [3.8, 4) is 0 Å². The van der Waals surface area contributed by atoms with Crippen molar-refractivity contribution in [1.29, 1.82) is 0 Å². The highest BCUT2D eigenvalue weighted by Gasteiger charge is 2.38. The fourth-order valence-corrected chi connectivity index (χ4v) is 4.23. The van der Waals surface area contributed by atoms with Gasteiger partial charge in [-0.1, -0.05) is 23.2 Å². The Morgan fingerprint density at radius 3 is 1.33 bits per heavy atom. The fourth-order valence-electron chi connectivity index (χ4n) is 1.07. The van der Waals surface area contributed by atoms with Gasteiger partial charge in [0.2, 0.25) is 0 Å². The van der Waals surface area contributed by atoms with Gasteiger partial charge in [-0.15, -0.1) is 0 Å². The van der Waals surface area contributed by atoms with Gasteiger partial charge in [0, 0.05) is 10.7 Å². The second-order valence-electron chi connectivity index (χ2n) is 6.54. The van der Waals surface area contributed by atoms with Gasteiger partial charge in [0.1, 0.15) is 11.1 Å². The van der Waals surface area contributed by atoms with Crippen LogP contribution in [0.25, 0.3) is 0 Å². The highest BCUT2D eigenvalue weighted by molar-refractivity contribution is 8.10. The van der Waals surface area contributed by atoms with E-state index in [2.05, 4.69) is 14.9 Å². The van der Waals surface area contributed by atoms with Gasteiger partial charge in [0.05, 0.1) is 11.2 Å². The predicted octanol–water partition coefficient (Wildman–Crippen LogP) is 5.40. The zero-order chi connectivity index (χ0) is 20.0. The molecular weight excluding hydrogens is 426 g/mol. The molecule has 12 heteroatoms. The maximum absolute atomic E-state index is 12.3. The summed E-state index contributed by atoms with van der Waals surface area (Å²) >= 11 is 10.7. The van der Waals surface area contributed by atoms with E-state index in [1.165, 1.54) is 6.92 Å². The van der Waals surface area contributed by atoms with Crippen LogP contribution in [0.2, 0.25) is 0 Å². The predicted molar refractivity (Wildman–Crippen MR) is 96.9 cm³/mol. The SMILES string of the molecule is CC(Cl)OP(=O)(OC(C)(C)C)OC(C)(C)C.CC(Cl)OS(=O)(=O)Cl. The molecule has 0 saturated carbocycles. The molecule has 24 heavy (non-hydrogen) atoms. The van der Waals surface area contributed by atoms with Gasteiger partial charge >= 0.3 is 17.2 Å². The van der Waals surface area contributed by atoms with E-state index >= 15 is 0 Å². The van der Waals surface area contributed by atoms with E-state index in [9.17, 15) is 13.0 Å². The van der Waals surface area contributed by atoms with Crippen molar-refractivity contribution >= 4 is 51.0 Å². The summed E-state index contributed by atoms with van der Waals surface area (Å²) < 4.78 is 51.8. The molecule has 0 heterocycles. The van der Waals surface area contributed by atoms with Crippen LogP contribution >= 0.6 is 41.7 Å². The molecular formula is C12H26Cl3O7PS. The third-order valence-corrected chi connectivity index (χ3v) is 4.56. The normalized spacial score (nSPS) is 16.1. The fraction of sp³-hybridized carbons (Fsp3) is 1.00. The first-order valence-electron chi connectivity index (χ1n) is 6.86. The summed E-state index contributed by atoms with van der Waals surface area (Å²) in [4.78, 5) is 0. The topological polar surface area (TPSA) is 88.1 Å². The summed E-state index contributed by atoms with van der Waals surface area (Å²) in [6.45, 7) is 13.5.